The number of thioether (sulfide) groups is 1. The maximum atomic E-state index is 13.5. The second kappa shape index (κ2) is 22.0. The third kappa shape index (κ3) is 11.9. The van der Waals surface area contributed by atoms with Crippen LogP contribution in [0.1, 0.15) is 34.3 Å². The van der Waals surface area contributed by atoms with E-state index in [4.69, 9.17) is 0 Å². The van der Waals surface area contributed by atoms with Gasteiger partial charge in [-0.25, -0.2) is 13.1 Å². The summed E-state index contributed by atoms with van der Waals surface area (Å²) in [5, 5.41) is 15.5. The Morgan fingerprint density at radius 1 is 0.900 bits per heavy atom. The molecule has 5 aromatic rings. The van der Waals surface area contributed by atoms with Crippen molar-refractivity contribution >= 4 is 82.0 Å². The molecule has 2 atom stereocenters. The maximum absolute atomic E-state index is 13.5. The molecule has 60 heavy (non-hydrogen) atoms. The van der Waals surface area contributed by atoms with E-state index < -0.39 is 20.9 Å². The molecule has 0 spiro atoms. The van der Waals surface area contributed by atoms with Crippen molar-refractivity contribution in [3.8, 4) is 11.1 Å². The molecule has 5 aromatic carbocycles. The number of piperazine rings is 1. The first-order valence-electron chi connectivity index (χ1n) is 19.2. The minimum atomic E-state index is -4.43. The summed E-state index contributed by atoms with van der Waals surface area (Å²) in [5.74, 6) is -0.138. The molecule has 1 saturated heterocycles. The van der Waals surface area contributed by atoms with E-state index in [1.165, 1.54) is 28.8 Å². The first-order chi connectivity index (χ1) is 27.5. The van der Waals surface area contributed by atoms with Gasteiger partial charge in [0.15, 0.2) is 0 Å². The van der Waals surface area contributed by atoms with Gasteiger partial charge in [-0.15, -0.1) is 49.0 Å². The standard InChI is InChI=1S/C44H48N6O5S2.3ClH/c1-47(2)24-23-36(31-56-38-14-7-4-8-15-38)45-41-21-20-39(28-43(41)50(52)53)57(54,55)46-44(51)34-18-22-42-33(27-34)17-19-37-30-48(25-26-49(37)42)29-35-13-9-10-16-40(35)32-11-5-3-6-12-32;;;/h3-16,18,20-22,27-28,36-37,45H,17,19,23-26,29-31H2,1-2H3,(H,46,51);3*1H/t36-,37+;;;/m1.../s1. The Bertz CT molecular complexity index is 2330. The lowest BCUT2D eigenvalue weighted by molar-refractivity contribution is -0.384. The maximum Gasteiger partial charge on any atom is 0.293 e. The summed E-state index contributed by atoms with van der Waals surface area (Å²) < 4.78 is 29.2. The van der Waals surface area contributed by atoms with E-state index in [0.717, 1.165) is 67.8 Å². The van der Waals surface area contributed by atoms with Gasteiger partial charge in [-0.2, -0.15) is 0 Å². The fourth-order valence-electron chi connectivity index (χ4n) is 7.69. The molecular weight excluding hydrogens is 863 g/mol. The highest BCUT2D eigenvalue weighted by molar-refractivity contribution is 7.99. The van der Waals surface area contributed by atoms with Crippen LogP contribution in [0.3, 0.4) is 0 Å². The van der Waals surface area contributed by atoms with Gasteiger partial charge in [0.1, 0.15) is 5.69 Å². The normalized spacial score (nSPS) is 15.2. The third-order valence-corrected chi connectivity index (χ3v) is 13.1. The van der Waals surface area contributed by atoms with Crippen molar-refractivity contribution in [2.45, 2.75) is 47.7 Å². The van der Waals surface area contributed by atoms with Gasteiger partial charge in [0.25, 0.3) is 21.6 Å². The van der Waals surface area contributed by atoms with E-state index in [9.17, 15) is 23.3 Å². The van der Waals surface area contributed by atoms with Crippen molar-refractivity contribution < 1.29 is 18.1 Å². The lowest BCUT2D eigenvalue weighted by atomic mass is 9.92. The predicted molar refractivity (Wildman–Crippen MR) is 250 cm³/mol. The summed E-state index contributed by atoms with van der Waals surface area (Å²) in [6.45, 7) is 4.28. The fraction of sp³-hybridized carbons (Fsp3) is 0.295. The Balaban J connectivity index is 0.00000265. The number of anilines is 2. The molecule has 2 aliphatic rings. The zero-order valence-electron chi connectivity index (χ0n) is 33.4. The number of hydrogen-bond donors (Lipinski definition) is 2. The van der Waals surface area contributed by atoms with Crippen molar-refractivity contribution in [2.75, 3.05) is 56.2 Å². The first-order valence-corrected chi connectivity index (χ1v) is 21.7. The monoisotopic (exact) mass is 912 g/mol. The minimum Gasteiger partial charge on any atom is -0.376 e. The van der Waals surface area contributed by atoms with Crippen molar-refractivity contribution in [1.82, 2.24) is 14.5 Å². The molecule has 2 N–H and O–H groups in total. The number of aryl methyl sites for hydroxylation is 1. The number of carbonyl (C=O) groups excluding carboxylic acids is 1. The Morgan fingerprint density at radius 3 is 2.32 bits per heavy atom. The Kier molecular flexibility index (Phi) is 17.7. The van der Waals surface area contributed by atoms with Crippen LogP contribution in [-0.4, -0.2) is 87.2 Å². The van der Waals surface area contributed by atoms with E-state index in [0.29, 0.717) is 18.2 Å². The molecule has 2 heterocycles. The lowest BCUT2D eigenvalue weighted by Crippen LogP contribution is -2.54. The predicted octanol–water partition coefficient (Wildman–Crippen LogP) is 8.81. The highest BCUT2D eigenvalue weighted by Crippen LogP contribution is 2.35. The summed E-state index contributed by atoms with van der Waals surface area (Å²) in [5.41, 5.74) is 5.90. The minimum absolute atomic E-state index is 0. The Morgan fingerprint density at radius 2 is 1.60 bits per heavy atom. The smallest absolute Gasteiger partial charge is 0.293 e. The van der Waals surface area contributed by atoms with Crippen LogP contribution in [0.15, 0.2) is 131 Å². The molecule has 0 unspecified atom stereocenters. The molecule has 1 amide bonds. The highest BCUT2D eigenvalue weighted by Gasteiger charge is 2.33. The van der Waals surface area contributed by atoms with Crippen LogP contribution >= 0.6 is 49.0 Å². The SMILES string of the molecule is CN(C)CC[C@H](CSc1ccccc1)Nc1ccc(S(=O)(=O)NC(=O)c2ccc3c(c2)CC[C@H]2CN(Cc4ccccc4-c4ccccc4)CCN32)cc1[N+](=O)[O-].Cl.Cl.Cl. The average Bonchev–Trinajstić information content (AvgIpc) is 3.22. The number of benzene rings is 5. The number of rotatable bonds is 15. The highest BCUT2D eigenvalue weighted by atomic mass is 35.5. The molecule has 2 aliphatic heterocycles. The molecular formula is C44H51Cl3N6O5S2. The van der Waals surface area contributed by atoms with Crippen LogP contribution in [0, 0.1) is 10.1 Å². The van der Waals surface area contributed by atoms with Crippen molar-refractivity contribution in [3.05, 3.63) is 148 Å². The molecule has 7 rings (SSSR count). The molecule has 320 valence electrons. The van der Waals surface area contributed by atoms with Gasteiger partial charge < -0.3 is 15.1 Å². The van der Waals surface area contributed by atoms with Gasteiger partial charge in [-0.3, -0.25) is 19.8 Å². The van der Waals surface area contributed by atoms with Gasteiger partial charge in [0.05, 0.1) is 9.82 Å². The Hall–Kier alpha value is -4.34. The van der Waals surface area contributed by atoms with Gasteiger partial charge in [0, 0.05) is 66.2 Å². The number of amides is 1. The van der Waals surface area contributed by atoms with E-state index in [2.05, 4.69) is 68.4 Å². The van der Waals surface area contributed by atoms with E-state index >= 15 is 0 Å². The van der Waals surface area contributed by atoms with Gasteiger partial charge in [0.2, 0.25) is 0 Å². The van der Waals surface area contributed by atoms with Crippen molar-refractivity contribution in [2.24, 2.45) is 0 Å². The first kappa shape index (κ1) is 48.3. The molecule has 0 aliphatic carbocycles. The van der Waals surface area contributed by atoms with Crippen LogP contribution in [-0.2, 0) is 23.0 Å². The second-order valence-electron chi connectivity index (χ2n) is 14.9. The molecule has 1 fully saturated rings. The topological polar surface area (TPSA) is 128 Å². The van der Waals surface area contributed by atoms with E-state index in [-0.39, 0.29) is 65.1 Å². The van der Waals surface area contributed by atoms with Crippen LogP contribution < -0.4 is 14.9 Å². The quantitative estimate of drug-likeness (QED) is 0.0598. The number of fused-ring (bicyclic) bond motifs is 3. The van der Waals surface area contributed by atoms with E-state index in [1.807, 2.05) is 61.5 Å². The number of nitro groups is 1. The van der Waals surface area contributed by atoms with Crippen LogP contribution in [0.25, 0.3) is 11.1 Å². The molecule has 0 radical (unpaired) electrons. The number of nitro benzene ring substituents is 1. The summed E-state index contributed by atoms with van der Waals surface area (Å²) in [6, 6.07) is 38.2. The lowest BCUT2D eigenvalue weighted by Gasteiger charge is -2.46. The molecule has 0 saturated carbocycles. The molecule has 0 bridgehead atoms. The third-order valence-electron chi connectivity index (χ3n) is 10.6. The van der Waals surface area contributed by atoms with Crippen LogP contribution in [0.2, 0.25) is 0 Å². The second-order valence-corrected chi connectivity index (χ2v) is 17.7. The van der Waals surface area contributed by atoms with Crippen LogP contribution in [0.4, 0.5) is 17.1 Å². The Labute approximate surface area is 375 Å². The summed E-state index contributed by atoms with van der Waals surface area (Å²) in [6.07, 6.45) is 2.39. The van der Waals surface area contributed by atoms with Gasteiger partial charge in [-0.05, 0) is 105 Å². The fourth-order valence-corrected chi connectivity index (χ4v) is 9.68. The summed E-state index contributed by atoms with van der Waals surface area (Å²) >= 11 is 1.64. The zero-order chi connectivity index (χ0) is 39.9. The number of halogens is 3. The van der Waals surface area contributed by atoms with Gasteiger partial charge >= 0.3 is 0 Å². The van der Waals surface area contributed by atoms with E-state index in [1.54, 1.807) is 23.9 Å². The number of sulfonamides is 1. The molecule has 0 aromatic heterocycles. The number of nitrogens with one attached hydrogen (secondary N) is 2. The zero-order valence-corrected chi connectivity index (χ0v) is 37.5. The largest absolute Gasteiger partial charge is 0.376 e. The number of carbonyl (C=O) groups is 1. The molecule has 11 nitrogen and oxygen atoms in total. The molecule has 16 heteroatoms. The summed E-state index contributed by atoms with van der Waals surface area (Å²) in [4.78, 5) is 32.8. The van der Waals surface area contributed by atoms with Gasteiger partial charge in [-0.1, -0.05) is 72.8 Å². The number of nitrogens with zero attached hydrogens (tertiary/aromatic N) is 4. The summed E-state index contributed by atoms with van der Waals surface area (Å²) in [7, 11) is -0.497. The van der Waals surface area contributed by atoms with Crippen molar-refractivity contribution in [3.63, 3.8) is 0 Å². The van der Waals surface area contributed by atoms with Crippen molar-refractivity contribution in [1.29, 1.82) is 0 Å². The average molecular weight is 914 g/mol. The number of hydrogen-bond acceptors (Lipinski definition) is 10. The van der Waals surface area contributed by atoms with Crippen LogP contribution in [0.5, 0.6) is 0 Å².